The van der Waals surface area contributed by atoms with Gasteiger partial charge in [0, 0.05) is 19.1 Å². The normalized spacial score (nSPS) is 32.8. The Labute approximate surface area is 107 Å². The van der Waals surface area contributed by atoms with E-state index in [2.05, 4.69) is 24.5 Å². The summed E-state index contributed by atoms with van der Waals surface area (Å²) in [6, 6.07) is 0.717. The van der Waals surface area contributed by atoms with Gasteiger partial charge in [-0.25, -0.2) is 0 Å². The maximum absolute atomic E-state index is 3.75. The quantitative estimate of drug-likeness (QED) is 0.769. The van der Waals surface area contributed by atoms with Gasteiger partial charge in [-0.15, -0.1) is 0 Å². The van der Waals surface area contributed by atoms with Crippen LogP contribution in [0.15, 0.2) is 0 Å². The Morgan fingerprint density at radius 1 is 1.29 bits per heavy atom. The molecule has 2 fully saturated rings. The van der Waals surface area contributed by atoms with Crippen molar-refractivity contribution in [1.29, 1.82) is 0 Å². The zero-order valence-corrected chi connectivity index (χ0v) is 11.7. The second-order valence-corrected chi connectivity index (χ2v) is 6.47. The van der Waals surface area contributed by atoms with E-state index in [1.807, 2.05) is 0 Å². The minimum absolute atomic E-state index is 0.639. The molecule has 0 bridgehead atoms. The van der Waals surface area contributed by atoms with E-state index in [0.717, 1.165) is 5.92 Å². The summed E-state index contributed by atoms with van der Waals surface area (Å²) >= 11 is 0. The molecule has 1 heterocycles. The number of hydrogen-bond acceptors (Lipinski definition) is 2. The third-order valence-electron chi connectivity index (χ3n) is 5.06. The molecule has 2 heteroatoms. The van der Waals surface area contributed by atoms with Crippen LogP contribution in [-0.2, 0) is 0 Å². The highest BCUT2D eigenvalue weighted by Crippen LogP contribution is 2.40. The molecular weight excluding hydrogens is 208 g/mol. The minimum Gasteiger partial charge on any atom is -0.315 e. The minimum atomic E-state index is 0.639. The van der Waals surface area contributed by atoms with Crippen LogP contribution in [-0.4, -0.2) is 25.7 Å². The predicted octanol–water partition coefficient (Wildman–Crippen LogP) is 2.93. The molecule has 0 amide bonds. The first kappa shape index (κ1) is 13.4. The molecule has 1 aliphatic heterocycles. The van der Waals surface area contributed by atoms with E-state index in [4.69, 9.17) is 0 Å². The third kappa shape index (κ3) is 3.69. The fourth-order valence-electron chi connectivity index (χ4n) is 3.67. The molecule has 1 saturated carbocycles. The summed E-state index contributed by atoms with van der Waals surface area (Å²) in [5.74, 6) is 0.912. The molecule has 0 aromatic rings. The summed E-state index contributed by atoms with van der Waals surface area (Å²) in [6.07, 6.45) is 9.87. The van der Waals surface area contributed by atoms with Crippen molar-refractivity contribution in [2.45, 2.75) is 64.8 Å². The van der Waals surface area contributed by atoms with Gasteiger partial charge in [-0.2, -0.15) is 0 Å². The molecule has 1 saturated heterocycles. The maximum Gasteiger partial charge on any atom is 0.0195 e. The second kappa shape index (κ2) is 6.19. The van der Waals surface area contributed by atoms with Gasteiger partial charge >= 0.3 is 0 Å². The maximum atomic E-state index is 3.75. The van der Waals surface area contributed by atoms with Crippen molar-refractivity contribution < 1.29 is 0 Å². The van der Waals surface area contributed by atoms with E-state index in [9.17, 15) is 0 Å². The molecule has 2 unspecified atom stereocenters. The molecule has 2 N–H and O–H groups in total. The predicted molar refractivity (Wildman–Crippen MR) is 74.3 cm³/mol. The topological polar surface area (TPSA) is 24.1 Å². The lowest BCUT2D eigenvalue weighted by atomic mass is 9.83. The van der Waals surface area contributed by atoms with Crippen molar-refractivity contribution in [1.82, 2.24) is 10.6 Å². The first-order valence-corrected chi connectivity index (χ1v) is 7.68. The Bertz CT molecular complexity index is 221. The molecule has 100 valence electrons. The van der Waals surface area contributed by atoms with Crippen molar-refractivity contribution in [3.05, 3.63) is 0 Å². The van der Waals surface area contributed by atoms with Crippen LogP contribution in [0.4, 0.5) is 0 Å². The van der Waals surface area contributed by atoms with Crippen molar-refractivity contribution in [2.75, 3.05) is 19.6 Å². The van der Waals surface area contributed by atoms with Gasteiger partial charge in [0.05, 0.1) is 0 Å². The first-order chi connectivity index (χ1) is 8.24. The van der Waals surface area contributed by atoms with Crippen LogP contribution in [0.3, 0.4) is 0 Å². The van der Waals surface area contributed by atoms with Gasteiger partial charge in [-0.05, 0) is 50.0 Å². The molecule has 0 spiro atoms. The molecular formula is C15H30N2. The zero-order chi connectivity index (χ0) is 12.1. The summed E-state index contributed by atoms with van der Waals surface area (Å²) in [7, 11) is 0. The van der Waals surface area contributed by atoms with Crippen molar-refractivity contribution in [3.63, 3.8) is 0 Å². The van der Waals surface area contributed by atoms with Gasteiger partial charge < -0.3 is 10.6 Å². The van der Waals surface area contributed by atoms with Gasteiger partial charge in [0.1, 0.15) is 0 Å². The highest BCUT2D eigenvalue weighted by atomic mass is 15.0. The molecule has 2 atom stereocenters. The van der Waals surface area contributed by atoms with Gasteiger partial charge in [0.25, 0.3) is 0 Å². The highest BCUT2D eigenvalue weighted by Gasteiger charge is 2.31. The summed E-state index contributed by atoms with van der Waals surface area (Å²) in [6.45, 7) is 8.39. The summed E-state index contributed by atoms with van der Waals surface area (Å²) in [5, 5.41) is 7.39. The molecule has 17 heavy (non-hydrogen) atoms. The van der Waals surface area contributed by atoms with Crippen LogP contribution in [0.2, 0.25) is 0 Å². The number of rotatable bonds is 5. The number of piperidine rings is 1. The smallest absolute Gasteiger partial charge is 0.0195 e. The first-order valence-electron chi connectivity index (χ1n) is 7.68. The van der Waals surface area contributed by atoms with E-state index in [0.29, 0.717) is 11.5 Å². The lowest BCUT2D eigenvalue weighted by Crippen LogP contribution is -2.46. The van der Waals surface area contributed by atoms with Crippen LogP contribution in [0.1, 0.15) is 58.8 Å². The zero-order valence-electron chi connectivity index (χ0n) is 11.7. The Morgan fingerprint density at radius 2 is 2.06 bits per heavy atom. The van der Waals surface area contributed by atoms with E-state index in [1.54, 1.807) is 0 Å². The average Bonchev–Trinajstić information content (AvgIpc) is 2.79. The van der Waals surface area contributed by atoms with Crippen LogP contribution >= 0.6 is 0 Å². The summed E-state index contributed by atoms with van der Waals surface area (Å²) < 4.78 is 0. The number of nitrogens with one attached hydrogen (secondary N) is 2. The molecule has 2 rings (SSSR count). The van der Waals surface area contributed by atoms with E-state index < -0.39 is 0 Å². The molecule has 0 aromatic carbocycles. The Balaban J connectivity index is 1.67. The number of hydrogen-bond donors (Lipinski definition) is 2. The van der Waals surface area contributed by atoms with Crippen molar-refractivity contribution in [3.8, 4) is 0 Å². The van der Waals surface area contributed by atoms with E-state index >= 15 is 0 Å². The fourth-order valence-corrected chi connectivity index (χ4v) is 3.67. The van der Waals surface area contributed by atoms with Crippen LogP contribution < -0.4 is 10.6 Å². The lowest BCUT2D eigenvalue weighted by molar-refractivity contribution is 0.250. The molecule has 2 aliphatic rings. The molecule has 2 nitrogen and oxygen atoms in total. The van der Waals surface area contributed by atoms with Crippen molar-refractivity contribution >= 4 is 0 Å². The third-order valence-corrected chi connectivity index (χ3v) is 5.06. The summed E-state index contributed by atoms with van der Waals surface area (Å²) in [4.78, 5) is 0. The SMILES string of the molecule is CCC1(CNCC2CC(C)CCN2)CCCC1. The van der Waals surface area contributed by atoms with E-state index in [1.165, 1.54) is 64.6 Å². The Hall–Kier alpha value is -0.0800. The Kier molecular flexibility index (Phi) is 4.87. The fraction of sp³-hybridized carbons (Fsp3) is 1.00. The highest BCUT2D eigenvalue weighted by molar-refractivity contribution is 4.86. The van der Waals surface area contributed by atoms with Crippen LogP contribution in [0, 0.1) is 11.3 Å². The lowest BCUT2D eigenvalue weighted by Gasteiger charge is -2.32. The molecule has 1 aliphatic carbocycles. The van der Waals surface area contributed by atoms with Crippen LogP contribution in [0.5, 0.6) is 0 Å². The monoisotopic (exact) mass is 238 g/mol. The average molecular weight is 238 g/mol. The molecule has 0 aromatic heterocycles. The van der Waals surface area contributed by atoms with Gasteiger partial charge in [-0.3, -0.25) is 0 Å². The second-order valence-electron chi connectivity index (χ2n) is 6.47. The van der Waals surface area contributed by atoms with Crippen LogP contribution in [0.25, 0.3) is 0 Å². The van der Waals surface area contributed by atoms with Gasteiger partial charge in [0.15, 0.2) is 0 Å². The van der Waals surface area contributed by atoms with Gasteiger partial charge in [0.2, 0.25) is 0 Å². The Morgan fingerprint density at radius 3 is 2.71 bits per heavy atom. The molecule has 0 radical (unpaired) electrons. The standard InChI is InChI=1S/C15H30N2/c1-3-15(7-4-5-8-15)12-16-11-14-10-13(2)6-9-17-14/h13-14,16-17H,3-12H2,1-2H3. The summed E-state index contributed by atoms with van der Waals surface area (Å²) in [5.41, 5.74) is 0.639. The van der Waals surface area contributed by atoms with Crippen molar-refractivity contribution in [2.24, 2.45) is 11.3 Å². The van der Waals surface area contributed by atoms with E-state index in [-0.39, 0.29) is 0 Å². The largest absolute Gasteiger partial charge is 0.315 e. The van der Waals surface area contributed by atoms with Gasteiger partial charge in [-0.1, -0.05) is 26.7 Å².